The number of nitrogens with one attached hydrogen (secondary N) is 1. The Balaban J connectivity index is 1.95. The summed E-state index contributed by atoms with van der Waals surface area (Å²) in [7, 11) is 3.09. The number of rotatable bonds is 9. The number of ketones is 1. The molecule has 0 saturated heterocycles. The Morgan fingerprint density at radius 3 is 2.37 bits per heavy atom. The Hall–Kier alpha value is -3.87. The molecule has 0 saturated carbocycles. The van der Waals surface area contributed by atoms with E-state index >= 15 is 0 Å². The van der Waals surface area contributed by atoms with Crippen molar-refractivity contribution in [2.24, 2.45) is 0 Å². The molecule has 7 heteroatoms. The lowest BCUT2D eigenvalue weighted by atomic mass is 9.97. The molecule has 0 amide bonds. The van der Waals surface area contributed by atoms with Crippen molar-refractivity contribution in [1.29, 1.82) is 0 Å². The fourth-order valence-electron chi connectivity index (χ4n) is 3.16. The highest BCUT2D eigenvalue weighted by molar-refractivity contribution is 5.96. The molecule has 0 bridgehead atoms. The van der Waals surface area contributed by atoms with Gasteiger partial charge in [-0.25, -0.2) is 0 Å². The van der Waals surface area contributed by atoms with E-state index in [9.17, 15) is 14.9 Å². The van der Waals surface area contributed by atoms with Gasteiger partial charge in [-0.1, -0.05) is 42.5 Å². The van der Waals surface area contributed by atoms with E-state index in [1.54, 1.807) is 50.6 Å². The van der Waals surface area contributed by atoms with Gasteiger partial charge in [0, 0.05) is 29.8 Å². The summed E-state index contributed by atoms with van der Waals surface area (Å²) >= 11 is 0. The van der Waals surface area contributed by atoms with E-state index in [1.165, 1.54) is 12.1 Å². The summed E-state index contributed by atoms with van der Waals surface area (Å²) in [5, 5.41) is 14.4. The Morgan fingerprint density at radius 1 is 0.967 bits per heavy atom. The first-order chi connectivity index (χ1) is 14.5. The van der Waals surface area contributed by atoms with Crippen LogP contribution in [0.15, 0.2) is 72.8 Å². The van der Waals surface area contributed by atoms with Crippen LogP contribution in [0.3, 0.4) is 0 Å². The molecule has 0 aliphatic rings. The molecule has 1 unspecified atom stereocenters. The summed E-state index contributed by atoms with van der Waals surface area (Å²) < 4.78 is 10.7. The Labute approximate surface area is 174 Å². The maximum absolute atomic E-state index is 12.9. The molecular weight excluding hydrogens is 384 g/mol. The lowest BCUT2D eigenvalue weighted by molar-refractivity contribution is -0.384. The van der Waals surface area contributed by atoms with Crippen LogP contribution in [0, 0.1) is 10.1 Å². The average molecular weight is 406 g/mol. The molecule has 3 aromatic rings. The van der Waals surface area contributed by atoms with E-state index in [0.29, 0.717) is 22.7 Å². The smallest absolute Gasteiger partial charge is 0.271 e. The van der Waals surface area contributed by atoms with Crippen molar-refractivity contribution >= 4 is 17.2 Å². The Morgan fingerprint density at radius 2 is 1.70 bits per heavy atom. The maximum Gasteiger partial charge on any atom is 0.271 e. The van der Waals surface area contributed by atoms with E-state index in [1.807, 2.05) is 24.3 Å². The van der Waals surface area contributed by atoms with Crippen molar-refractivity contribution in [3.05, 3.63) is 94.0 Å². The van der Waals surface area contributed by atoms with Crippen molar-refractivity contribution in [2.75, 3.05) is 19.5 Å². The van der Waals surface area contributed by atoms with Gasteiger partial charge in [-0.3, -0.25) is 14.9 Å². The second-order valence-corrected chi connectivity index (χ2v) is 6.61. The summed E-state index contributed by atoms with van der Waals surface area (Å²) in [4.78, 5) is 23.5. The number of carbonyl (C=O) groups excluding carboxylic acids is 1. The summed E-state index contributed by atoms with van der Waals surface area (Å²) in [5.74, 6) is 1.06. The lowest BCUT2D eigenvalue weighted by Gasteiger charge is -2.21. The first-order valence-corrected chi connectivity index (χ1v) is 9.33. The molecular formula is C23H22N2O5. The number of anilines is 1. The number of benzene rings is 3. The van der Waals surface area contributed by atoms with Gasteiger partial charge in [-0.15, -0.1) is 0 Å². The Kier molecular flexibility index (Phi) is 6.64. The van der Waals surface area contributed by atoms with Crippen LogP contribution in [0.4, 0.5) is 11.4 Å². The monoisotopic (exact) mass is 406 g/mol. The van der Waals surface area contributed by atoms with Crippen molar-refractivity contribution in [1.82, 2.24) is 0 Å². The summed E-state index contributed by atoms with van der Waals surface area (Å²) in [6, 6.07) is 20.2. The van der Waals surface area contributed by atoms with Gasteiger partial charge in [-0.05, 0) is 23.8 Å². The van der Waals surface area contributed by atoms with Gasteiger partial charge in [0.15, 0.2) is 17.3 Å². The number of nitro benzene ring substituents is 1. The van der Waals surface area contributed by atoms with Crippen molar-refractivity contribution in [2.45, 2.75) is 12.5 Å². The average Bonchev–Trinajstić information content (AvgIpc) is 2.78. The molecule has 3 rings (SSSR count). The highest BCUT2D eigenvalue weighted by Crippen LogP contribution is 2.33. The highest BCUT2D eigenvalue weighted by Gasteiger charge is 2.20. The molecule has 7 nitrogen and oxygen atoms in total. The van der Waals surface area contributed by atoms with E-state index in [4.69, 9.17) is 9.47 Å². The minimum absolute atomic E-state index is 0.0274. The molecule has 1 atom stereocenters. The van der Waals surface area contributed by atoms with Gasteiger partial charge < -0.3 is 14.8 Å². The molecule has 0 aromatic heterocycles. The quantitative estimate of drug-likeness (QED) is 0.304. The van der Waals surface area contributed by atoms with Crippen LogP contribution in [0.1, 0.15) is 28.4 Å². The second kappa shape index (κ2) is 9.56. The van der Waals surface area contributed by atoms with Crippen LogP contribution in [-0.4, -0.2) is 24.9 Å². The zero-order valence-corrected chi connectivity index (χ0v) is 16.7. The van der Waals surface area contributed by atoms with Crippen LogP contribution >= 0.6 is 0 Å². The topological polar surface area (TPSA) is 90.7 Å². The van der Waals surface area contributed by atoms with Gasteiger partial charge in [0.2, 0.25) is 0 Å². The third-order valence-corrected chi connectivity index (χ3v) is 4.69. The van der Waals surface area contributed by atoms with Crippen molar-refractivity contribution in [3.8, 4) is 11.5 Å². The number of hydrogen-bond acceptors (Lipinski definition) is 6. The third kappa shape index (κ3) is 4.94. The normalized spacial score (nSPS) is 11.4. The molecule has 0 heterocycles. The van der Waals surface area contributed by atoms with Crippen LogP contribution in [0.5, 0.6) is 11.5 Å². The maximum atomic E-state index is 12.9. The number of nitro groups is 1. The largest absolute Gasteiger partial charge is 0.493 e. The number of hydrogen-bond donors (Lipinski definition) is 1. The molecule has 0 aliphatic carbocycles. The first kappa shape index (κ1) is 20.9. The van der Waals surface area contributed by atoms with E-state index in [0.717, 1.165) is 5.56 Å². The Bertz CT molecular complexity index is 1040. The predicted molar refractivity (Wildman–Crippen MR) is 114 cm³/mol. The minimum Gasteiger partial charge on any atom is -0.493 e. The molecule has 0 radical (unpaired) electrons. The number of nitrogens with zero attached hydrogens (tertiary/aromatic N) is 1. The van der Waals surface area contributed by atoms with Crippen molar-refractivity contribution in [3.63, 3.8) is 0 Å². The number of carbonyl (C=O) groups is 1. The minimum atomic E-state index is -0.453. The molecule has 0 fully saturated rings. The molecule has 1 N–H and O–H groups in total. The van der Waals surface area contributed by atoms with Crippen LogP contribution in [0.25, 0.3) is 0 Å². The number of non-ortho nitro benzene ring substituents is 1. The first-order valence-electron chi connectivity index (χ1n) is 9.33. The SMILES string of the molecule is COc1ccc(C(CC(=O)c2ccccc2)Nc2cccc([N+](=O)[O-])c2)cc1OC. The van der Waals surface area contributed by atoms with Crippen LogP contribution in [0.2, 0.25) is 0 Å². The lowest BCUT2D eigenvalue weighted by Crippen LogP contribution is -2.16. The van der Waals surface area contributed by atoms with Gasteiger partial charge >= 0.3 is 0 Å². The molecule has 30 heavy (non-hydrogen) atoms. The predicted octanol–water partition coefficient (Wildman–Crippen LogP) is 5.04. The molecule has 3 aromatic carbocycles. The molecule has 154 valence electrons. The van der Waals surface area contributed by atoms with Gasteiger partial charge in [0.05, 0.1) is 25.2 Å². The second-order valence-electron chi connectivity index (χ2n) is 6.61. The third-order valence-electron chi connectivity index (χ3n) is 4.69. The molecule has 0 aliphatic heterocycles. The van der Waals surface area contributed by atoms with Crippen LogP contribution < -0.4 is 14.8 Å². The number of Topliss-reactive ketones (excluding diaryl/α,β-unsaturated/α-hetero) is 1. The van der Waals surface area contributed by atoms with Gasteiger partial charge in [-0.2, -0.15) is 0 Å². The van der Waals surface area contributed by atoms with E-state index in [2.05, 4.69) is 5.32 Å². The summed E-state index contributed by atoms with van der Waals surface area (Å²) in [6.07, 6.45) is 0.155. The van der Waals surface area contributed by atoms with Crippen LogP contribution in [-0.2, 0) is 0 Å². The van der Waals surface area contributed by atoms with Crippen molar-refractivity contribution < 1.29 is 19.2 Å². The number of ether oxygens (including phenoxy) is 2. The summed E-state index contributed by atoms with van der Waals surface area (Å²) in [5.41, 5.74) is 1.91. The van der Waals surface area contributed by atoms with Gasteiger partial charge in [0.25, 0.3) is 5.69 Å². The van der Waals surface area contributed by atoms with E-state index in [-0.39, 0.29) is 17.9 Å². The zero-order valence-electron chi connectivity index (χ0n) is 16.7. The number of methoxy groups -OCH3 is 2. The molecule has 0 spiro atoms. The zero-order chi connectivity index (χ0) is 21.5. The van der Waals surface area contributed by atoms with Gasteiger partial charge in [0.1, 0.15) is 0 Å². The standard InChI is InChI=1S/C23H22N2O5/c1-29-22-12-11-17(13-23(22)30-2)20(15-21(26)16-7-4-3-5-8-16)24-18-9-6-10-19(14-18)25(27)28/h3-14,20,24H,15H2,1-2H3. The highest BCUT2D eigenvalue weighted by atomic mass is 16.6. The summed E-state index contributed by atoms with van der Waals surface area (Å²) in [6.45, 7) is 0. The van der Waals surface area contributed by atoms with E-state index < -0.39 is 11.0 Å². The fourth-order valence-corrected chi connectivity index (χ4v) is 3.16. The fraction of sp³-hybridized carbons (Fsp3) is 0.174.